The predicted octanol–water partition coefficient (Wildman–Crippen LogP) is 2.68. The second-order valence-corrected chi connectivity index (χ2v) is 3.94. The summed E-state index contributed by atoms with van der Waals surface area (Å²) in [6.07, 6.45) is 1.65. The molecule has 0 fully saturated rings. The predicted molar refractivity (Wildman–Crippen MR) is 67.9 cm³/mol. The van der Waals surface area contributed by atoms with Crippen molar-refractivity contribution in [1.82, 2.24) is 9.78 Å². The molecular formula is C11H12Cl2FN3. The molecule has 1 unspecified atom stereocenters. The van der Waals surface area contributed by atoms with Crippen LogP contribution in [0.5, 0.6) is 0 Å². The van der Waals surface area contributed by atoms with Crippen molar-refractivity contribution in [2.75, 3.05) is 0 Å². The Morgan fingerprint density at radius 2 is 2.12 bits per heavy atom. The lowest BCUT2D eigenvalue weighted by Crippen LogP contribution is -2.16. The SMILES string of the molecule is Cl.Cn1nccc1C(N)c1ccc(Cl)c(F)c1. The molecule has 2 rings (SSSR count). The van der Waals surface area contributed by atoms with E-state index < -0.39 is 11.9 Å². The van der Waals surface area contributed by atoms with Gasteiger partial charge in [-0.1, -0.05) is 17.7 Å². The van der Waals surface area contributed by atoms with Gasteiger partial charge >= 0.3 is 0 Å². The highest BCUT2D eigenvalue weighted by Crippen LogP contribution is 2.23. The molecule has 0 saturated heterocycles. The van der Waals surface area contributed by atoms with Gasteiger partial charge in [0.25, 0.3) is 0 Å². The third kappa shape index (κ3) is 2.77. The zero-order valence-corrected chi connectivity index (χ0v) is 10.7. The van der Waals surface area contributed by atoms with E-state index in [4.69, 9.17) is 17.3 Å². The number of nitrogens with two attached hydrogens (primary N) is 1. The summed E-state index contributed by atoms with van der Waals surface area (Å²) in [6, 6.07) is 5.96. The maximum absolute atomic E-state index is 13.3. The molecule has 0 aliphatic carbocycles. The van der Waals surface area contributed by atoms with Gasteiger partial charge in [-0.15, -0.1) is 12.4 Å². The minimum Gasteiger partial charge on any atom is -0.319 e. The van der Waals surface area contributed by atoms with Gasteiger partial charge in [0.05, 0.1) is 16.8 Å². The normalized spacial score (nSPS) is 12.0. The second kappa shape index (κ2) is 5.49. The number of rotatable bonds is 2. The van der Waals surface area contributed by atoms with E-state index in [1.807, 2.05) is 0 Å². The van der Waals surface area contributed by atoms with Crippen LogP contribution < -0.4 is 5.73 Å². The maximum Gasteiger partial charge on any atom is 0.142 e. The Bertz CT molecular complexity index is 513. The zero-order valence-electron chi connectivity index (χ0n) is 9.10. The van der Waals surface area contributed by atoms with Crippen molar-refractivity contribution in [1.29, 1.82) is 0 Å². The first-order valence-corrected chi connectivity index (χ1v) is 5.16. The van der Waals surface area contributed by atoms with Crippen LogP contribution >= 0.6 is 24.0 Å². The van der Waals surface area contributed by atoms with Crippen molar-refractivity contribution in [3.63, 3.8) is 0 Å². The Labute approximate surface area is 110 Å². The van der Waals surface area contributed by atoms with Crippen LogP contribution in [-0.2, 0) is 7.05 Å². The van der Waals surface area contributed by atoms with Gasteiger partial charge in [-0.2, -0.15) is 5.10 Å². The summed E-state index contributed by atoms with van der Waals surface area (Å²) in [6.45, 7) is 0. The summed E-state index contributed by atoms with van der Waals surface area (Å²) in [5.74, 6) is -0.461. The summed E-state index contributed by atoms with van der Waals surface area (Å²) in [4.78, 5) is 0. The van der Waals surface area contributed by atoms with Crippen molar-refractivity contribution in [3.8, 4) is 0 Å². The molecule has 1 heterocycles. The first kappa shape index (κ1) is 14.0. The summed E-state index contributed by atoms with van der Waals surface area (Å²) in [7, 11) is 1.79. The fourth-order valence-electron chi connectivity index (χ4n) is 1.57. The molecule has 0 radical (unpaired) electrons. The van der Waals surface area contributed by atoms with E-state index in [2.05, 4.69) is 5.10 Å². The quantitative estimate of drug-likeness (QED) is 0.916. The topological polar surface area (TPSA) is 43.8 Å². The molecule has 92 valence electrons. The van der Waals surface area contributed by atoms with Gasteiger partial charge in [-0.3, -0.25) is 4.68 Å². The molecule has 0 saturated carbocycles. The fourth-order valence-corrected chi connectivity index (χ4v) is 1.68. The van der Waals surface area contributed by atoms with Gasteiger partial charge in [-0.25, -0.2) is 4.39 Å². The van der Waals surface area contributed by atoms with E-state index in [1.165, 1.54) is 12.1 Å². The Morgan fingerprint density at radius 1 is 1.41 bits per heavy atom. The number of hydrogen-bond acceptors (Lipinski definition) is 2. The number of hydrogen-bond donors (Lipinski definition) is 1. The molecule has 1 aromatic carbocycles. The number of halogens is 3. The molecule has 0 bridgehead atoms. The van der Waals surface area contributed by atoms with E-state index in [-0.39, 0.29) is 17.4 Å². The van der Waals surface area contributed by atoms with E-state index in [1.54, 1.807) is 30.1 Å². The lowest BCUT2D eigenvalue weighted by molar-refractivity contribution is 0.619. The van der Waals surface area contributed by atoms with Crippen LogP contribution in [-0.4, -0.2) is 9.78 Å². The third-order valence-electron chi connectivity index (χ3n) is 2.48. The Balaban J connectivity index is 0.00000144. The highest BCUT2D eigenvalue weighted by Gasteiger charge is 2.13. The Morgan fingerprint density at radius 3 is 2.65 bits per heavy atom. The summed E-state index contributed by atoms with van der Waals surface area (Å²) in [5, 5.41) is 4.12. The zero-order chi connectivity index (χ0) is 11.7. The van der Waals surface area contributed by atoms with Crippen LogP contribution in [0, 0.1) is 5.82 Å². The van der Waals surface area contributed by atoms with E-state index >= 15 is 0 Å². The lowest BCUT2D eigenvalue weighted by Gasteiger charge is -2.12. The molecule has 17 heavy (non-hydrogen) atoms. The van der Waals surface area contributed by atoms with Gasteiger partial charge in [0, 0.05) is 13.2 Å². The van der Waals surface area contributed by atoms with Gasteiger partial charge in [0.1, 0.15) is 5.82 Å². The molecule has 0 amide bonds. The summed E-state index contributed by atoms with van der Waals surface area (Å²) < 4.78 is 14.9. The monoisotopic (exact) mass is 275 g/mol. The molecule has 1 atom stereocenters. The van der Waals surface area contributed by atoms with Crippen LogP contribution in [0.25, 0.3) is 0 Å². The number of aromatic nitrogens is 2. The van der Waals surface area contributed by atoms with E-state index in [0.717, 1.165) is 5.69 Å². The molecule has 0 aliphatic rings. The van der Waals surface area contributed by atoms with Crippen LogP contribution in [0.15, 0.2) is 30.5 Å². The van der Waals surface area contributed by atoms with E-state index in [9.17, 15) is 4.39 Å². The van der Waals surface area contributed by atoms with Crippen molar-refractivity contribution in [3.05, 3.63) is 52.6 Å². The minimum atomic E-state index is -0.461. The smallest absolute Gasteiger partial charge is 0.142 e. The Hall–Kier alpha value is -1.10. The van der Waals surface area contributed by atoms with Gasteiger partial charge in [-0.05, 0) is 23.8 Å². The average Bonchev–Trinajstić information content (AvgIpc) is 2.67. The van der Waals surface area contributed by atoms with Gasteiger partial charge < -0.3 is 5.73 Å². The highest BCUT2D eigenvalue weighted by atomic mass is 35.5. The lowest BCUT2D eigenvalue weighted by atomic mass is 10.0. The second-order valence-electron chi connectivity index (χ2n) is 3.53. The van der Waals surface area contributed by atoms with Crippen molar-refractivity contribution in [2.24, 2.45) is 12.8 Å². The summed E-state index contributed by atoms with van der Waals surface area (Å²) >= 11 is 5.61. The number of aryl methyl sites for hydroxylation is 1. The van der Waals surface area contributed by atoms with Crippen LogP contribution in [0.3, 0.4) is 0 Å². The number of nitrogens with zero attached hydrogens (tertiary/aromatic N) is 2. The third-order valence-corrected chi connectivity index (χ3v) is 2.79. The largest absolute Gasteiger partial charge is 0.319 e. The fraction of sp³-hybridized carbons (Fsp3) is 0.182. The first-order valence-electron chi connectivity index (χ1n) is 4.78. The molecule has 3 nitrogen and oxygen atoms in total. The molecule has 0 aliphatic heterocycles. The van der Waals surface area contributed by atoms with Crippen LogP contribution in [0.2, 0.25) is 5.02 Å². The summed E-state index contributed by atoms with van der Waals surface area (Å²) in [5.41, 5.74) is 7.50. The first-order chi connectivity index (χ1) is 7.59. The van der Waals surface area contributed by atoms with Crippen molar-refractivity contribution < 1.29 is 4.39 Å². The Kier molecular flexibility index (Phi) is 4.51. The molecule has 6 heteroatoms. The van der Waals surface area contributed by atoms with E-state index in [0.29, 0.717) is 5.56 Å². The molecule has 0 spiro atoms. The molecule has 1 aromatic heterocycles. The minimum absolute atomic E-state index is 0. The molecule has 2 aromatic rings. The van der Waals surface area contributed by atoms with Crippen LogP contribution in [0.1, 0.15) is 17.3 Å². The maximum atomic E-state index is 13.3. The van der Waals surface area contributed by atoms with Gasteiger partial charge in [0.15, 0.2) is 0 Å². The standard InChI is InChI=1S/C11H11ClFN3.ClH/c1-16-10(4-5-15-16)11(14)7-2-3-8(12)9(13)6-7;/h2-6,11H,14H2,1H3;1H. The van der Waals surface area contributed by atoms with Gasteiger partial charge in [0.2, 0.25) is 0 Å². The highest BCUT2D eigenvalue weighted by molar-refractivity contribution is 6.30. The number of benzene rings is 1. The van der Waals surface area contributed by atoms with Crippen molar-refractivity contribution in [2.45, 2.75) is 6.04 Å². The van der Waals surface area contributed by atoms with Crippen LogP contribution in [0.4, 0.5) is 4.39 Å². The average molecular weight is 276 g/mol. The molecular weight excluding hydrogens is 264 g/mol. The molecule has 2 N–H and O–H groups in total. The van der Waals surface area contributed by atoms with Crippen molar-refractivity contribution >= 4 is 24.0 Å².